The van der Waals surface area contributed by atoms with Crippen molar-refractivity contribution in [1.82, 2.24) is 0 Å². The Hall–Kier alpha value is -1.28. The Morgan fingerprint density at radius 1 is 1.00 bits per heavy atom. The van der Waals surface area contributed by atoms with Crippen molar-refractivity contribution in [3.63, 3.8) is 0 Å². The molecular formula is C15H15BrO. The molecule has 0 aromatic heterocycles. The molecule has 2 aromatic carbocycles. The van der Waals surface area contributed by atoms with Crippen LogP contribution in [0.1, 0.15) is 11.1 Å². The molecule has 0 N–H and O–H groups in total. The van der Waals surface area contributed by atoms with Crippen molar-refractivity contribution in [3.05, 3.63) is 64.1 Å². The van der Waals surface area contributed by atoms with Gasteiger partial charge < -0.3 is 4.74 Å². The highest BCUT2D eigenvalue weighted by molar-refractivity contribution is 9.10. The lowest BCUT2D eigenvalue weighted by Crippen LogP contribution is -2.02. The monoisotopic (exact) mass is 290 g/mol. The van der Waals surface area contributed by atoms with Crippen molar-refractivity contribution in [2.75, 3.05) is 6.61 Å². The Kier molecular flexibility index (Phi) is 4.21. The number of benzene rings is 2. The zero-order chi connectivity index (χ0) is 12.1. The van der Waals surface area contributed by atoms with Crippen molar-refractivity contribution in [1.29, 1.82) is 0 Å². The molecule has 0 fully saturated rings. The maximum absolute atomic E-state index is 5.75. The van der Waals surface area contributed by atoms with Crippen LogP contribution >= 0.6 is 15.9 Å². The van der Waals surface area contributed by atoms with Gasteiger partial charge in [-0.3, -0.25) is 0 Å². The average molecular weight is 291 g/mol. The lowest BCUT2D eigenvalue weighted by Gasteiger charge is -2.09. The number of para-hydroxylation sites is 1. The minimum absolute atomic E-state index is 0.702. The van der Waals surface area contributed by atoms with Gasteiger partial charge in [0.15, 0.2) is 0 Å². The zero-order valence-electron chi connectivity index (χ0n) is 9.82. The molecule has 0 unspecified atom stereocenters. The maximum atomic E-state index is 5.75. The van der Waals surface area contributed by atoms with E-state index in [-0.39, 0.29) is 0 Å². The third kappa shape index (κ3) is 3.34. The molecule has 0 radical (unpaired) electrons. The second-order valence-electron chi connectivity index (χ2n) is 3.96. The van der Waals surface area contributed by atoms with Crippen molar-refractivity contribution in [2.24, 2.45) is 0 Å². The highest BCUT2D eigenvalue weighted by atomic mass is 79.9. The van der Waals surface area contributed by atoms with E-state index in [9.17, 15) is 0 Å². The Morgan fingerprint density at radius 3 is 2.47 bits per heavy atom. The minimum Gasteiger partial charge on any atom is -0.492 e. The molecule has 0 amide bonds. The fourth-order valence-electron chi connectivity index (χ4n) is 1.72. The van der Waals surface area contributed by atoms with Gasteiger partial charge in [0, 0.05) is 6.42 Å². The molecular weight excluding hydrogens is 276 g/mol. The van der Waals surface area contributed by atoms with Gasteiger partial charge in [0.2, 0.25) is 0 Å². The first kappa shape index (κ1) is 12.2. The van der Waals surface area contributed by atoms with Crippen molar-refractivity contribution >= 4 is 15.9 Å². The third-order valence-electron chi connectivity index (χ3n) is 2.73. The SMILES string of the molecule is Cc1ccccc1CCOc1ccccc1Br. The number of rotatable bonds is 4. The van der Waals surface area contributed by atoms with Gasteiger partial charge in [0.1, 0.15) is 5.75 Å². The van der Waals surface area contributed by atoms with Gasteiger partial charge in [-0.25, -0.2) is 0 Å². The Morgan fingerprint density at radius 2 is 1.71 bits per heavy atom. The van der Waals surface area contributed by atoms with E-state index in [2.05, 4.69) is 47.1 Å². The van der Waals surface area contributed by atoms with Crippen LogP contribution in [-0.4, -0.2) is 6.61 Å². The van der Waals surface area contributed by atoms with Crippen molar-refractivity contribution < 1.29 is 4.74 Å². The quantitative estimate of drug-likeness (QED) is 0.812. The van der Waals surface area contributed by atoms with E-state index in [1.165, 1.54) is 11.1 Å². The van der Waals surface area contributed by atoms with Gasteiger partial charge in [0.25, 0.3) is 0 Å². The molecule has 0 heterocycles. The standard InChI is InChI=1S/C15H15BrO/c1-12-6-2-3-7-13(12)10-11-17-15-9-5-4-8-14(15)16/h2-9H,10-11H2,1H3. The molecule has 0 bridgehead atoms. The van der Waals surface area contributed by atoms with E-state index in [1.54, 1.807) is 0 Å². The molecule has 0 aliphatic heterocycles. The predicted octanol–water partition coefficient (Wildman–Crippen LogP) is 4.38. The van der Waals surface area contributed by atoms with Crippen LogP contribution in [-0.2, 0) is 6.42 Å². The molecule has 2 rings (SSSR count). The molecule has 88 valence electrons. The Balaban J connectivity index is 1.93. The second kappa shape index (κ2) is 5.87. The lowest BCUT2D eigenvalue weighted by atomic mass is 10.1. The van der Waals surface area contributed by atoms with Crippen LogP contribution in [0.2, 0.25) is 0 Å². The average Bonchev–Trinajstić information content (AvgIpc) is 2.34. The highest BCUT2D eigenvalue weighted by Crippen LogP contribution is 2.23. The molecule has 0 saturated heterocycles. The maximum Gasteiger partial charge on any atom is 0.133 e. The summed E-state index contributed by atoms with van der Waals surface area (Å²) in [7, 11) is 0. The van der Waals surface area contributed by atoms with Gasteiger partial charge in [-0.15, -0.1) is 0 Å². The van der Waals surface area contributed by atoms with Crippen LogP contribution in [0.25, 0.3) is 0 Å². The van der Waals surface area contributed by atoms with Crippen LogP contribution < -0.4 is 4.74 Å². The van der Waals surface area contributed by atoms with E-state index in [0.29, 0.717) is 6.61 Å². The highest BCUT2D eigenvalue weighted by Gasteiger charge is 2.00. The summed E-state index contributed by atoms with van der Waals surface area (Å²) in [4.78, 5) is 0. The van der Waals surface area contributed by atoms with E-state index in [0.717, 1.165) is 16.6 Å². The van der Waals surface area contributed by atoms with Crippen LogP contribution in [0.15, 0.2) is 53.0 Å². The van der Waals surface area contributed by atoms with Gasteiger partial charge in [0.05, 0.1) is 11.1 Å². The normalized spacial score (nSPS) is 10.2. The molecule has 1 nitrogen and oxygen atoms in total. The first-order valence-electron chi connectivity index (χ1n) is 5.69. The van der Waals surface area contributed by atoms with Crippen LogP contribution in [0, 0.1) is 6.92 Å². The summed E-state index contributed by atoms with van der Waals surface area (Å²) in [5, 5.41) is 0. The van der Waals surface area contributed by atoms with Gasteiger partial charge in [-0.2, -0.15) is 0 Å². The summed E-state index contributed by atoms with van der Waals surface area (Å²) in [6, 6.07) is 16.3. The second-order valence-corrected chi connectivity index (χ2v) is 4.81. The number of halogens is 1. The topological polar surface area (TPSA) is 9.23 Å². The largest absolute Gasteiger partial charge is 0.492 e. The number of hydrogen-bond acceptors (Lipinski definition) is 1. The zero-order valence-corrected chi connectivity index (χ0v) is 11.4. The number of ether oxygens (including phenoxy) is 1. The first-order valence-corrected chi connectivity index (χ1v) is 6.48. The number of aryl methyl sites for hydroxylation is 1. The molecule has 2 aromatic rings. The predicted molar refractivity (Wildman–Crippen MR) is 74.5 cm³/mol. The van der Waals surface area contributed by atoms with E-state index >= 15 is 0 Å². The van der Waals surface area contributed by atoms with Crippen LogP contribution in [0.5, 0.6) is 5.75 Å². The summed E-state index contributed by atoms with van der Waals surface area (Å²) in [6.45, 7) is 2.83. The van der Waals surface area contributed by atoms with Crippen LogP contribution in [0.4, 0.5) is 0 Å². The van der Waals surface area contributed by atoms with E-state index < -0.39 is 0 Å². The fourth-order valence-corrected chi connectivity index (χ4v) is 2.12. The summed E-state index contributed by atoms with van der Waals surface area (Å²) < 4.78 is 6.75. The van der Waals surface area contributed by atoms with E-state index in [4.69, 9.17) is 4.74 Å². The Bertz CT molecular complexity index is 448. The van der Waals surface area contributed by atoms with Crippen molar-refractivity contribution in [3.8, 4) is 5.75 Å². The molecule has 0 spiro atoms. The first-order chi connectivity index (χ1) is 8.27. The molecule has 2 heteroatoms. The van der Waals surface area contributed by atoms with Crippen molar-refractivity contribution in [2.45, 2.75) is 13.3 Å². The van der Waals surface area contributed by atoms with Crippen LogP contribution in [0.3, 0.4) is 0 Å². The van der Waals surface area contributed by atoms with Gasteiger partial charge in [-0.05, 0) is 46.1 Å². The summed E-state index contributed by atoms with van der Waals surface area (Å²) in [5.41, 5.74) is 2.67. The lowest BCUT2D eigenvalue weighted by molar-refractivity contribution is 0.320. The molecule has 0 atom stereocenters. The Labute approximate surface area is 111 Å². The molecule has 17 heavy (non-hydrogen) atoms. The smallest absolute Gasteiger partial charge is 0.133 e. The van der Waals surface area contributed by atoms with Gasteiger partial charge in [-0.1, -0.05) is 36.4 Å². The summed E-state index contributed by atoms with van der Waals surface area (Å²) in [6.07, 6.45) is 0.938. The van der Waals surface area contributed by atoms with Gasteiger partial charge >= 0.3 is 0 Å². The summed E-state index contributed by atoms with van der Waals surface area (Å²) in [5.74, 6) is 0.904. The third-order valence-corrected chi connectivity index (χ3v) is 3.38. The fraction of sp³-hybridized carbons (Fsp3) is 0.200. The molecule has 0 aliphatic rings. The minimum atomic E-state index is 0.702. The molecule has 0 saturated carbocycles. The van der Waals surface area contributed by atoms with E-state index in [1.807, 2.05) is 24.3 Å². The summed E-state index contributed by atoms with van der Waals surface area (Å²) >= 11 is 3.47. The number of hydrogen-bond donors (Lipinski definition) is 0. The molecule has 0 aliphatic carbocycles.